The van der Waals surface area contributed by atoms with Gasteiger partial charge >= 0.3 is 0 Å². The average Bonchev–Trinajstić information content (AvgIpc) is 3.37. The summed E-state index contributed by atoms with van der Waals surface area (Å²) in [6.45, 7) is 3.36. The van der Waals surface area contributed by atoms with Crippen LogP contribution in [0.25, 0.3) is 10.9 Å². The third kappa shape index (κ3) is 3.24. The largest absolute Gasteiger partial charge is 0.467 e. The molecule has 118 valence electrons. The molecule has 0 radical (unpaired) electrons. The zero-order valence-corrected chi connectivity index (χ0v) is 13.2. The molecule has 23 heavy (non-hydrogen) atoms. The summed E-state index contributed by atoms with van der Waals surface area (Å²) >= 11 is 0. The number of rotatable bonds is 5. The minimum Gasteiger partial charge on any atom is -0.467 e. The van der Waals surface area contributed by atoms with E-state index >= 15 is 0 Å². The van der Waals surface area contributed by atoms with Gasteiger partial charge in [-0.3, -0.25) is 4.79 Å². The minimum atomic E-state index is -0.815. The Balaban J connectivity index is 1.71. The second kappa shape index (κ2) is 5.84. The van der Waals surface area contributed by atoms with Crippen LogP contribution in [0.15, 0.2) is 24.3 Å². The fourth-order valence-electron chi connectivity index (χ4n) is 2.61. The van der Waals surface area contributed by atoms with Gasteiger partial charge in [0.05, 0.1) is 17.0 Å². The smallest absolute Gasteiger partial charge is 0.259 e. The highest BCUT2D eigenvalue weighted by molar-refractivity contribution is 5.84. The zero-order valence-electron chi connectivity index (χ0n) is 13.2. The van der Waals surface area contributed by atoms with E-state index in [1.54, 1.807) is 13.8 Å². The first-order valence-electron chi connectivity index (χ1n) is 7.60. The molecule has 1 aliphatic rings. The molecule has 0 aliphatic heterocycles. The lowest BCUT2D eigenvalue weighted by Crippen LogP contribution is -2.48. The molecule has 6 nitrogen and oxygen atoms in total. The highest BCUT2D eigenvalue weighted by atomic mass is 16.5. The summed E-state index contributed by atoms with van der Waals surface area (Å²) in [4.78, 5) is 20.7. The van der Waals surface area contributed by atoms with Crippen molar-refractivity contribution < 1.29 is 9.53 Å². The fraction of sp³-hybridized carbons (Fsp3) is 0.412. The number of aromatic nitrogens is 2. The highest BCUT2D eigenvalue weighted by Crippen LogP contribution is 2.39. The molecule has 1 heterocycles. The van der Waals surface area contributed by atoms with Crippen molar-refractivity contribution in [2.75, 3.05) is 6.61 Å². The molecule has 2 aromatic rings. The van der Waals surface area contributed by atoms with Crippen molar-refractivity contribution in [3.63, 3.8) is 0 Å². The van der Waals surface area contributed by atoms with Crippen LogP contribution in [0.3, 0.4) is 0 Å². The van der Waals surface area contributed by atoms with E-state index in [2.05, 4.69) is 21.4 Å². The van der Waals surface area contributed by atoms with Crippen LogP contribution < -0.4 is 10.1 Å². The Labute approximate surface area is 134 Å². The van der Waals surface area contributed by atoms with E-state index in [1.165, 1.54) is 0 Å². The standard InChI is InChI=1S/C17H18N4O2/c1-11-19-14-6-4-3-5-13(14)16(20-11)23-9-15(22)21-17(2,10-18)12-7-8-12/h3-6,12H,7-9H2,1-2H3,(H,21,22)/t17-/m1/s1. The van der Waals surface area contributed by atoms with Crippen LogP contribution in [-0.2, 0) is 4.79 Å². The van der Waals surface area contributed by atoms with Crippen molar-refractivity contribution in [3.05, 3.63) is 30.1 Å². The van der Waals surface area contributed by atoms with Crippen LogP contribution in [0.5, 0.6) is 5.88 Å². The average molecular weight is 310 g/mol. The maximum atomic E-state index is 12.1. The summed E-state index contributed by atoms with van der Waals surface area (Å²) in [6.07, 6.45) is 1.95. The number of fused-ring (bicyclic) bond motifs is 1. The number of amides is 1. The highest BCUT2D eigenvalue weighted by Gasteiger charge is 2.43. The molecule has 1 saturated carbocycles. The topological polar surface area (TPSA) is 87.9 Å². The Kier molecular flexibility index (Phi) is 3.87. The number of nitriles is 1. The maximum absolute atomic E-state index is 12.1. The molecule has 1 amide bonds. The number of carbonyl (C=O) groups excluding carboxylic acids is 1. The third-order valence-corrected chi connectivity index (χ3v) is 4.05. The van der Waals surface area contributed by atoms with E-state index in [1.807, 2.05) is 24.3 Å². The van der Waals surface area contributed by atoms with Crippen molar-refractivity contribution in [1.82, 2.24) is 15.3 Å². The summed E-state index contributed by atoms with van der Waals surface area (Å²) in [5, 5.41) is 12.8. The number of carbonyl (C=O) groups is 1. The number of benzene rings is 1. The molecule has 6 heteroatoms. The van der Waals surface area contributed by atoms with Gasteiger partial charge in [-0.1, -0.05) is 12.1 Å². The Morgan fingerprint density at radius 1 is 1.43 bits per heavy atom. The maximum Gasteiger partial charge on any atom is 0.259 e. The molecule has 3 rings (SSSR count). The molecule has 1 atom stereocenters. The van der Waals surface area contributed by atoms with Crippen LogP contribution in [0.4, 0.5) is 0 Å². The molecule has 1 N–H and O–H groups in total. The predicted octanol–water partition coefficient (Wildman–Crippen LogP) is 2.13. The number of para-hydroxylation sites is 1. The normalized spacial score (nSPS) is 16.4. The van der Waals surface area contributed by atoms with Gasteiger partial charge in [-0.2, -0.15) is 10.2 Å². The third-order valence-electron chi connectivity index (χ3n) is 4.05. The Morgan fingerprint density at radius 2 is 2.17 bits per heavy atom. The Bertz CT molecular complexity index is 795. The molecule has 1 aromatic heterocycles. The first-order chi connectivity index (χ1) is 11.0. The minimum absolute atomic E-state index is 0.176. The number of ether oxygens (including phenoxy) is 1. The molecular formula is C17H18N4O2. The van der Waals surface area contributed by atoms with Gasteiger partial charge in [-0.25, -0.2) is 4.98 Å². The van der Waals surface area contributed by atoms with Gasteiger partial charge in [0.1, 0.15) is 11.4 Å². The number of nitrogens with zero attached hydrogens (tertiary/aromatic N) is 3. The second-order valence-electron chi connectivity index (χ2n) is 6.02. The van der Waals surface area contributed by atoms with E-state index in [0.717, 1.165) is 23.7 Å². The lowest BCUT2D eigenvalue weighted by molar-refractivity contribution is -0.124. The lowest BCUT2D eigenvalue weighted by atomic mass is 9.98. The second-order valence-corrected chi connectivity index (χ2v) is 6.02. The van der Waals surface area contributed by atoms with Gasteiger partial charge in [0, 0.05) is 0 Å². The summed E-state index contributed by atoms with van der Waals surface area (Å²) in [7, 11) is 0. The van der Waals surface area contributed by atoms with Gasteiger partial charge in [0.2, 0.25) is 5.88 Å². The number of nitrogens with one attached hydrogen (secondary N) is 1. The van der Waals surface area contributed by atoms with Gasteiger partial charge in [0.15, 0.2) is 6.61 Å². The Hall–Kier alpha value is -2.68. The van der Waals surface area contributed by atoms with Crippen molar-refractivity contribution in [2.45, 2.75) is 32.2 Å². The molecule has 0 bridgehead atoms. The van der Waals surface area contributed by atoms with E-state index in [9.17, 15) is 10.1 Å². The summed E-state index contributed by atoms with van der Waals surface area (Å²) < 4.78 is 5.58. The van der Waals surface area contributed by atoms with E-state index in [-0.39, 0.29) is 18.4 Å². The number of hydrogen-bond donors (Lipinski definition) is 1. The molecular weight excluding hydrogens is 292 g/mol. The Morgan fingerprint density at radius 3 is 2.87 bits per heavy atom. The van der Waals surface area contributed by atoms with E-state index in [4.69, 9.17) is 4.74 Å². The van der Waals surface area contributed by atoms with Crippen LogP contribution >= 0.6 is 0 Å². The van der Waals surface area contributed by atoms with Gasteiger partial charge in [-0.15, -0.1) is 0 Å². The van der Waals surface area contributed by atoms with Crippen LogP contribution in [-0.4, -0.2) is 28.0 Å². The summed E-state index contributed by atoms with van der Waals surface area (Å²) in [6, 6.07) is 9.68. The van der Waals surface area contributed by atoms with Gasteiger partial charge < -0.3 is 10.1 Å². The van der Waals surface area contributed by atoms with Crippen molar-refractivity contribution in [3.8, 4) is 11.9 Å². The first-order valence-corrected chi connectivity index (χ1v) is 7.60. The van der Waals surface area contributed by atoms with Crippen LogP contribution in [0.1, 0.15) is 25.6 Å². The quantitative estimate of drug-likeness (QED) is 0.914. The SMILES string of the molecule is Cc1nc(OCC(=O)N[C@](C)(C#N)C2CC2)c2ccccc2n1. The summed E-state index contributed by atoms with van der Waals surface area (Å²) in [5.41, 5.74) is -0.0420. The number of hydrogen-bond acceptors (Lipinski definition) is 5. The first kappa shape index (κ1) is 15.2. The molecule has 0 saturated heterocycles. The van der Waals surface area contributed by atoms with Crippen molar-refractivity contribution >= 4 is 16.8 Å². The van der Waals surface area contributed by atoms with Gasteiger partial charge in [-0.05, 0) is 44.7 Å². The lowest BCUT2D eigenvalue weighted by Gasteiger charge is -2.22. The molecule has 0 spiro atoms. The molecule has 0 unspecified atom stereocenters. The van der Waals surface area contributed by atoms with E-state index in [0.29, 0.717) is 11.7 Å². The number of aryl methyl sites for hydroxylation is 1. The molecule has 1 aliphatic carbocycles. The van der Waals surface area contributed by atoms with Crippen molar-refractivity contribution in [1.29, 1.82) is 5.26 Å². The molecule has 1 aromatic carbocycles. The molecule has 1 fully saturated rings. The van der Waals surface area contributed by atoms with E-state index < -0.39 is 5.54 Å². The van der Waals surface area contributed by atoms with Gasteiger partial charge in [0.25, 0.3) is 5.91 Å². The van der Waals surface area contributed by atoms with Crippen LogP contribution in [0, 0.1) is 24.2 Å². The fourth-order valence-corrected chi connectivity index (χ4v) is 2.61. The van der Waals surface area contributed by atoms with Crippen LogP contribution in [0.2, 0.25) is 0 Å². The summed E-state index contributed by atoms with van der Waals surface area (Å²) in [5.74, 6) is 0.882. The predicted molar refractivity (Wildman–Crippen MR) is 84.7 cm³/mol. The zero-order chi connectivity index (χ0) is 16.4. The van der Waals surface area contributed by atoms with Crippen molar-refractivity contribution in [2.24, 2.45) is 5.92 Å². The monoisotopic (exact) mass is 310 g/mol.